The van der Waals surface area contributed by atoms with Crippen LogP contribution in [0, 0.1) is 5.41 Å². The smallest absolute Gasteiger partial charge is 0.00409 e. The highest BCUT2D eigenvalue weighted by Gasteiger charge is 2.32. The Kier molecular flexibility index (Phi) is 2.35. The molecule has 1 heteroatoms. The summed E-state index contributed by atoms with van der Waals surface area (Å²) in [6.45, 7) is 4.67. The van der Waals surface area contributed by atoms with Crippen molar-refractivity contribution >= 4 is 0 Å². The lowest BCUT2D eigenvalue weighted by Crippen LogP contribution is -2.34. The lowest BCUT2D eigenvalue weighted by molar-refractivity contribution is 0.131. The molecule has 0 amide bonds. The van der Waals surface area contributed by atoms with Crippen molar-refractivity contribution < 1.29 is 0 Å². The highest BCUT2D eigenvalue weighted by molar-refractivity contribution is 4.85. The summed E-state index contributed by atoms with van der Waals surface area (Å²) in [5, 5.41) is 3.29. The molecule has 1 N–H and O–H groups in total. The van der Waals surface area contributed by atoms with Crippen LogP contribution in [0.15, 0.2) is 0 Å². The van der Waals surface area contributed by atoms with Crippen LogP contribution in [0.3, 0.4) is 0 Å². The molecule has 1 unspecified atom stereocenters. The lowest BCUT2D eigenvalue weighted by Gasteiger charge is -2.40. The van der Waals surface area contributed by atoms with E-state index in [0.29, 0.717) is 11.5 Å². The second kappa shape index (κ2) is 2.91. The second-order valence-electron chi connectivity index (χ2n) is 4.06. The van der Waals surface area contributed by atoms with Gasteiger partial charge in [-0.3, -0.25) is 0 Å². The third-order valence-corrected chi connectivity index (χ3v) is 2.85. The molecule has 0 bridgehead atoms. The van der Waals surface area contributed by atoms with E-state index in [0.717, 1.165) is 0 Å². The van der Waals surface area contributed by atoms with E-state index in [1.165, 1.54) is 25.7 Å². The minimum Gasteiger partial charge on any atom is -0.317 e. The van der Waals surface area contributed by atoms with Crippen molar-refractivity contribution in [3.8, 4) is 0 Å². The van der Waals surface area contributed by atoms with Gasteiger partial charge in [-0.15, -0.1) is 0 Å². The summed E-state index contributed by atoms with van der Waals surface area (Å²) < 4.78 is 0. The Morgan fingerprint density at radius 2 is 2.10 bits per heavy atom. The molecule has 0 saturated heterocycles. The van der Waals surface area contributed by atoms with E-state index < -0.39 is 0 Å². The zero-order valence-electron chi connectivity index (χ0n) is 7.41. The normalized spacial score (nSPS) is 25.5. The van der Waals surface area contributed by atoms with Crippen molar-refractivity contribution in [2.75, 3.05) is 7.05 Å². The molecule has 10 heavy (non-hydrogen) atoms. The van der Waals surface area contributed by atoms with Crippen LogP contribution in [0.4, 0.5) is 0 Å². The first-order valence-electron chi connectivity index (χ1n) is 4.33. The van der Waals surface area contributed by atoms with Gasteiger partial charge in [0.15, 0.2) is 0 Å². The fraction of sp³-hybridized carbons (Fsp3) is 1.00. The SMILES string of the molecule is CNC(C)CC1(C)CCC1. The molecule has 0 spiro atoms. The fourth-order valence-electron chi connectivity index (χ4n) is 1.83. The molecule has 1 atom stereocenters. The van der Waals surface area contributed by atoms with Crippen LogP contribution in [-0.2, 0) is 0 Å². The van der Waals surface area contributed by atoms with E-state index in [1.807, 2.05) is 7.05 Å². The molecule has 1 nitrogen and oxygen atoms in total. The van der Waals surface area contributed by atoms with Gasteiger partial charge in [0, 0.05) is 6.04 Å². The lowest BCUT2D eigenvalue weighted by atomic mass is 9.67. The van der Waals surface area contributed by atoms with E-state index in [4.69, 9.17) is 0 Å². The molecule has 0 aliphatic heterocycles. The fourth-order valence-corrected chi connectivity index (χ4v) is 1.83. The van der Waals surface area contributed by atoms with Crippen LogP contribution >= 0.6 is 0 Å². The highest BCUT2D eigenvalue weighted by atomic mass is 14.9. The highest BCUT2D eigenvalue weighted by Crippen LogP contribution is 2.43. The zero-order chi connectivity index (χ0) is 7.61. The number of rotatable bonds is 3. The second-order valence-corrected chi connectivity index (χ2v) is 4.06. The molecule has 0 aromatic carbocycles. The largest absolute Gasteiger partial charge is 0.317 e. The van der Waals surface area contributed by atoms with Gasteiger partial charge in [0.05, 0.1) is 0 Å². The first kappa shape index (κ1) is 8.06. The van der Waals surface area contributed by atoms with E-state index >= 15 is 0 Å². The average molecular weight is 141 g/mol. The molecule has 0 heterocycles. The van der Waals surface area contributed by atoms with Gasteiger partial charge in [-0.05, 0) is 38.6 Å². The Labute approximate surface area is 64.2 Å². The summed E-state index contributed by atoms with van der Waals surface area (Å²) in [4.78, 5) is 0. The third-order valence-electron chi connectivity index (χ3n) is 2.85. The first-order chi connectivity index (χ1) is 4.66. The van der Waals surface area contributed by atoms with Gasteiger partial charge in [-0.1, -0.05) is 13.3 Å². The quantitative estimate of drug-likeness (QED) is 0.635. The molecular weight excluding hydrogens is 122 g/mol. The van der Waals surface area contributed by atoms with E-state index in [1.54, 1.807) is 0 Å². The molecule has 0 aromatic heterocycles. The van der Waals surface area contributed by atoms with Gasteiger partial charge in [0.25, 0.3) is 0 Å². The van der Waals surface area contributed by atoms with Crippen LogP contribution in [0.5, 0.6) is 0 Å². The summed E-state index contributed by atoms with van der Waals surface area (Å²) in [6, 6.07) is 0.699. The van der Waals surface area contributed by atoms with Gasteiger partial charge in [-0.25, -0.2) is 0 Å². The van der Waals surface area contributed by atoms with Gasteiger partial charge in [0.1, 0.15) is 0 Å². The Balaban J connectivity index is 2.22. The van der Waals surface area contributed by atoms with Crippen molar-refractivity contribution in [3.05, 3.63) is 0 Å². The predicted molar refractivity (Wildman–Crippen MR) is 45.1 cm³/mol. The maximum absolute atomic E-state index is 3.29. The Morgan fingerprint density at radius 3 is 2.40 bits per heavy atom. The van der Waals surface area contributed by atoms with Crippen LogP contribution in [-0.4, -0.2) is 13.1 Å². The molecule has 1 aliphatic carbocycles. The Bertz CT molecular complexity index is 105. The van der Waals surface area contributed by atoms with Gasteiger partial charge in [-0.2, -0.15) is 0 Å². The summed E-state index contributed by atoms with van der Waals surface area (Å²) in [7, 11) is 2.05. The van der Waals surface area contributed by atoms with Gasteiger partial charge >= 0.3 is 0 Å². The Hall–Kier alpha value is -0.0400. The molecule has 1 saturated carbocycles. The summed E-state index contributed by atoms with van der Waals surface area (Å²) in [5.41, 5.74) is 0.683. The van der Waals surface area contributed by atoms with Crippen LogP contribution in [0.2, 0.25) is 0 Å². The van der Waals surface area contributed by atoms with E-state index in [9.17, 15) is 0 Å². The van der Waals surface area contributed by atoms with Gasteiger partial charge in [0.2, 0.25) is 0 Å². The molecule has 1 rings (SSSR count). The molecular formula is C9H19N. The molecule has 0 radical (unpaired) electrons. The van der Waals surface area contributed by atoms with Gasteiger partial charge < -0.3 is 5.32 Å². The number of nitrogens with one attached hydrogen (secondary N) is 1. The van der Waals surface area contributed by atoms with E-state index in [-0.39, 0.29) is 0 Å². The minimum atomic E-state index is 0.683. The Morgan fingerprint density at radius 1 is 1.50 bits per heavy atom. The first-order valence-corrected chi connectivity index (χ1v) is 4.33. The van der Waals surface area contributed by atoms with E-state index in [2.05, 4.69) is 19.2 Å². The number of hydrogen-bond donors (Lipinski definition) is 1. The average Bonchev–Trinajstić information content (AvgIpc) is 1.84. The molecule has 1 fully saturated rings. The minimum absolute atomic E-state index is 0.683. The van der Waals surface area contributed by atoms with Crippen molar-refractivity contribution in [1.29, 1.82) is 0 Å². The standard InChI is InChI=1S/C9H19N/c1-8(10-3)7-9(2)5-4-6-9/h8,10H,4-7H2,1-3H3. The van der Waals surface area contributed by atoms with Crippen molar-refractivity contribution in [2.45, 2.75) is 45.6 Å². The van der Waals surface area contributed by atoms with Crippen molar-refractivity contribution in [2.24, 2.45) is 5.41 Å². The molecule has 0 aromatic rings. The van der Waals surface area contributed by atoms with Crippen molar-refractivity contribution in [1.82, 2.24) is 5.32 Å². The molecule has 60 valence electrons. The van der Waals surface area contributed by atoms with Crippen LogP contribution in [0.1, 0.15) is 39.5 Å². The summed E-state index contributed by atoms with van der Waals surface area (Å²) in [5.74, 6) is 0. The summed E-state index contributed by atoms with van der Waals surface area (Å²) in [6.07, 6.45) is 5.69. The summed E-state index contributed by atoms with van der Waals surface area (Å²) >= 11 is 0. The van der Waals surface area contributed by atoms with Crippen molar-refractivity contribution in [3.63, 3.8) is 0 Å². The maximum atomic E-state index is 3.29. The number of hydrogen-bond acceptors (Lipinski definition) is 1. The topological polar surface area (TPSA) is 12.0 Å². The maximum Gasteiger partial charge on any atom is 0.00409 e. The van der Waals surface area contributed by atoms with Crippen LogP contribution in [0.25, 0.3) is 0 Å². The zero-order valence-corrected chi connectivity index (χ0v) is 7.41. The molecule has 1 aliphatic rings. The monoisotopic (exact) mass is 141 g/mol. The predicted octanol–water partition coefficient (Wildman–Crippen LogP) is 2.17. The van der Waals surface area contributed by atoms with Crippen LogP contribution < -0.4 is 5.32 Å². The third kappa shape index (κ3) is 1.72.